The molecule has 1 aromatic carbocycles. The summed E-state index contributed by atoms with van der Waals surface area (Å²) < 4.78 is 0. The Labute approximate surface area is 107 Å². The molecule has 2 N–H and O–H groups in total. The molecule has 0 heterocycles. The first-order chi connectivity index (χ1) is 7.42. The maximum absolute atomic E-state index is 6.37. The van der Waals surface area contributed by atoms with Crippen molar-refractivity contribution in [2.45, 2.75) is 32.2 Å². The van der Waals surface area contributed by atoms with Crippen molar-refractivity contribution in [2.24, 2.45) is 17.6 Å². The number of nitrogens with two attached hydrogens (primary N) is 1. The lowest BCUT2D eigenvalue weighted by molar-refractivity contribution is 0.105. The zero-order chi connectivity index (χ0) is 11.9. The molecule has 0 spiro atoms. The van der Waals surface area contributed by atoms with Crippen LogP contribution in [-0.4, -0.2) is 0 Å². The third kappa shape index (κ3) is 2.09. The van der Waals surface area contributed by atoms with E-state index in [0.29, 0.717) is 16.0 Å². The molecule has 0 saturated heterocycles. The summed E-state index contributed by atoms with van der Waals surface area (Å²) in [7, 11) is 0. The van der Waals surface area contributed by atoms with E-state index < -0.39 is 0 Å². The van der Waals surface area contributed by atoms with Gasteiger partial charge in [-0.25, -0.2) is 0 Å². The molecule has 1 aliphatic carbocycles. The van der Waals surface area contributed by atoms with Gasteiger partial charge in [0, 0.05) is 5.54 Å². The van der Waals surface area contributed by atoms with E-state index in [-0.39, 0.29) is 5.54 Å². The summed E-state index contributed by atoms with van der Waals surface area (Å²) in [5.74, 6) is 1.44. The minimum atomic E-state index is -0.191. The summed E-state index contributed by atoms with van der Waals surface area (Å²) in [4.78, 5) is 0. The predicted octanol–water partition coefficient (Wildman–Crippen LogP) is 4.21. The molecule has 0 aromatic heterocycles. The fourth-order valence-corrected chi connectivity index (χ4v) is 2.69. The van der Waals surface area contributed by atoms with Crippen LogP contribution < -0.4 is 5.73 Å². The van der Waals surface area contributed by atoms with Crippen LogP contribution in [0.2, 0.25) is 10.0 Å². The van der Waals surface area contributed by atoms with Crippen LogP contribution in [-0.2, 0) is 5.54 Å². The minimum Gasteiger partial charge on any atom is -0.321 e. The van der Waals surface area contributed by atoms with Gasteiger partial charge in [-0.05, 0) is 42.4 Å². The Balaban J connectivity index is 2.17. The molecule has 0 aliphatic heterocycles. The van der Waals surface area contributed by atoms with E-state index in [1.54, 1.807) is 0 Å². The van der Waals surface area contributed by atoms with Gasteiger partial charge in [0.05, 0.1) is 10.0 Å². The lowest BCUT2D eigenvalue weighted by Gasteiger charge is -2.47. The van der Waals surface area contributed by atoms with E-state index in [0.717, 1.165) is 24.3 Å². The first-order valence-corrected chi connectivity index (χ1v) is 6.42. The van der Waals surface area contributed by atoms with Gasteiger partial charge in [0.2, 0.25) is 0 Å². The van der Waals surface area contributed by atoms with E-state index in [2.05, 4.69) is 13.8 Å². The van der Waals surface area contributed by atoms with E-state index in [1.165, 1.54) is 0 Å². The average Bonchev–Trinajstić information content (AvgIpc) is 2.17. The highest BCUT2D eigenvalue weighted by atomic mass is 35.5. The second kappa shape index (κ2) is 4.21. The zero-order valence-corrected chi connectivity index (χ0v) is 11.1. The van der Waals surface area contributed by atoms with Crippen LogP contribution >= 0.6 is 23.2 Å². The van der Waals surface area contributed by atoms with Gasteiger partial charge < -0.3 is 5.73 Å². The molecule has 0 atom stereocenters. The molecule has 0 amide bonds. The molecule has 16 heavy (non-hydrogen) atoms. The van der Waals surface area contributed by atoms with Crippen LogP contribution in [0.1, 0.15) is 32.3 Å². The predicted molar refractivity (Wildman–Crippen MR) is 69.9 cm³/mol. The highest BCUT2D eigenvalue weighted by Gasteiger charge is 2.43. The first kappa shape index (κ1) is 12.2. The Morgan fingerprint density at radius 2 is 1.88 bits per heavy atom. The van der Waals surface area contributed by atoms with E-state index in [4.69, 9.17) is 28.9 Å². The van der Waals surface area contributed by atoms with Gasteiger partial charge in [0.25, 0.3) is 0 Å². The maximum Gasteiger partial charge on any atom is 0.0595 e. The third-order valence-corrected chi connectivity index (χ3v) is 4.43. The average molecular weight is 258 g/mol. The van der Waals surface area contributed by atoms with Gasteiger partial charge in [-0.1, -0.05) is 43.1 Å². The van der Waals surface area contributed by atoms with Crippen LogP contribution in [0.4, 0.5) is 0 Å². The summed E-state index contributed by atoms with van der Waals surface area (Å²) in [6.45, 7) is 4.50. The summed E-state index contributed by atoms with van der Waals surface area (Å²) in [6, 6.07) is 5.72. The second-order valence-corrected chi connectivity index (χ2v) is 6.01. The Hall–Kier alpha value is -0.240. The monoisotopic (exact) mass is 257 g/mol. The summed E-state index contributed by atoms with van der Waals surface area (Å²) >= 11 is 11.9. The zero-order valence-electron chi connectivity index (χ0n) is 9.63. The van der Waals surface area contributed by atoms with Crippen LogP contribution in [0.5, 0.6) is 0 Å². The summed E-state index contributed by atoms with van der Waals surface area (Å²) in [5, 5.41) is 1.19. The topological polar surface area (TPSA) is 26.0 Å². The number of hydrogen-bond donors (Lipinski definition) is 1. The SMILES string of the molecule is CC(C)C1CC(N)(c2ccc(Cl)c(Cl)c2)C1. The lowest BCUT2D eigenvalue weighted by atomic mass is 9.62. The molecule has 1 aliphatic rings. The van der Waals surface area contributed by atoms with Crippen molar-refractivity contribution < 1.29 is 0 Å². The number of rotatable bonds is 2. The largest absolute Gasteiger partial charge is 0.321 e. The Bertz CT molecular complexity index is 395. The fourth-order valence-electron chi connectivity index (χ4n) is 2.39. The van der Waals surface area contributed by atoms with Crippen LogP contribution in [0.3, 0.4) is 0 Å². The fraction of sp³-hybridized carbons (Fsp3) is 0.538. The van der Waals surface area contributed by atoms with Crippen molar-refractivity contribution in [3.05, 3.63) is 33.8 Å². The molecule has 3 heteroatoms. The number of hydrogen-bond acceptors (Lipinski definition) is 1. The normalized spacial score (nSPS) is 29.2. The molecule has 0 bridgehead atoms. The van der Waals surface area contributed by atoms with Crippen molar-refractivity contribution >= 4 is 23.2 Å². The third-order valence-electron chi connectivity index (χ3n) is 3.69. The smallest absolute Gasteiger partial charge is 0.0595 e. The summed E-state index contributed by atoms with van der Waals surface area (Å²) in [6.07, 6.45) is 2.09. The van der Waals surface area contributed by atoms with Crippen LogP contribution in [0.15, 0.2) is 18.2 Å². The van der Waals surface area contributed by atoms with Gasteiger partial charge in [0.15, 0.2) is 0 Å². The second-order valence-electron chi connectivity index (χ2n) is 5.20. The molecule has 1 fully saturated rings. The molecule has 2 rings (SSSR count). The first-order valence-electron chi connectivity index (χ1n) is 5.67. The van der Waals surface area contributed by atoms with Crippen molar-refractivity contribution in [1.29, 1.82) is 0 Å². The molecule has 0 radical (unpaired) electrons. The number of benzene rings is 1. The Morgan fingerprint density at radius 3 is 2.38 bits per heavy atom. The van der Waals surface area contributed by atoms with Gasteiger partial charge >= 0.3 is 0 Å². The lowest BCUT2D eigenvalue weighted by Crippen LogP contribution is -2.50. The molecular weight excluding hydrogens is 241 g/mol. The standard InChI is InChI=1S/C13H17Cl2N/c1-8(2)9-6-13(16,7-9)10-3-4-11(14)12(15)5-10/h3-5,8-9H,6-7,16H2,1-2H3. The van der Waals surface area contributed by atoms with Crippen molar-refractivity contribution in [2.75, 3.05) is 0 Å². The van der Waals surface area contributed by atoms with Gasteiger partial charge in [0.1, 0.15) is 0 Å². The minimum absolute atomic E-state index is 0.191. The van der Waals surface area contributed by atoms with Crippen molar-refractivity contribution in [3.63, 3.8) is 0 Å². The van der Waals surface area contributed by atoms with E-state index in [1.807, 2.05) is 18.2 Å². The van der Waals surface area contributed by atoms with Crippen LogP contribution in [0.25, 0.3) is 0 Å². The highest BCUT2D eigenvalue weighted by Crippen LogP contribution is 2.47. The van der Waals surface area contributed by atoms with Crippen LogP contribution in [0, 0.1) is 11.8 Å². The molecule has 0 unspecified atom stereocenters. The van der Waals surface area contributed by atoms with Gasteiger partial charge in [-0.15, -0.1) is 0 Å². The van der Waals surface area contributed by atoms with E-state index in [9.17, 15) is 0 Å². The molecule has 1 saturated carbocycles. The maximum atomic E-state index is 6.37. The molecule has 1 aromatic rings. The molecule has 88 valence electrons. The Morgan fingerprint density at radius 1 is 1.25 bits per heavy atom. The Kier molecular flexibility index (Phi) is 3.22. The van der Waals surface area contributed by atoms with Gasteiger partial charge in [-0.2, -0.15) is 0 Å². The molecular formula is C13H17Cl2N. The molecule has 1 nitrogen and oxygen atoms in total. The number of halogens is 2. The van der Waals surface area contributed by atoms with Crippen molar-refractivity contribution in [1.82, 2.24) is 0 Å². The highest BCUT2D eigenvalue weighted by molar-refractivity contribution is 6.42. The van der Waals surface area contributed by atoms with E-state index >= 15 is 0 Å². The van der Waals surface area contributed by atoms with Crippen molar-refractivity contribution in [3.8, 4) is 0 Å². The quantitative estimate of drug-likeness (QED) is 0.844. The summed E-state index contributed by atoms with van der Waals surface area (Å²) in [5.41, 5.74) is 7.29. The van der Waals surface area contributed by atoms with Gasteiger partial charge in [-0.3, -0.25) is 0 Å².